The Kier molecular flexibility index (Phi) is 6.11. The summed E-state index contributed by atoms with van der Waals surface area (Å²) in [6.07, 6.45) is -5.88. The van der Waals surface area contributed by atoms with Crippen molar-refractivity contribution in [3.63, 3.8) is 0 Å². The van der Waals surface area contributed by atoms with E-state index in [9.17, 15) is 27.6 Å². The molecule has 0 radical (unpaired) electrons. The second-order valence-electron chi connectivity index (χ2n) is 4.37. The number of nitrogens with one attached hydrogen (secondary N) is 1. The zero-order valence-electron chi connectivity index (χ0n) is 12.3. The number of para-hydroxylation sites is 1. The molecule has 6 nitrogen and oxygen atoms in total. The lowest BCUT2D eigenvalue weighted by atomic mass is 10.0. The average Bonchev–Trinajstić information content (AvgIpc) is 2.52. The van der Waals surface area contributed by atoms with Gasteiger partial charge in [-0.05, 0) is 12.1 Å². The molecule has 0 aromatic heterocycles. The van der Waals surface area contributed by atoms with Crippen molar-refractivity contribution < 1.29 is 37.0 Å². The molecular formula is C14H14F3NO5. The first-order valence-corrected chi connectivity index (χ1v) is 6.32. The standard InChI is InChI=1S/C14H14F3NO5/c1-22-11-6-4-3-5-8(11)10(19)7-9(12(20)23-2)18-13(21)14(15,16)17/h3-6,9H,7H2,1-2H3,(H,18,21)/t9-/m0/s1. The van der Waals surface area contributed by atoms with E-state index in [0.29, 0.717) is 0 Å². The number of Topliss-reactive ketones (excluding diaryl/α,β-unsaturated/α-hetero) is 1. The van der Waals surface area contributed by atoms with E-state index in [0.717, 1.165) is 7.11 Å². The number of benzene rings is 1. The van der Waals surface area contributed by atoms with E-state index in [1.807, 2.05) is 0 Å². The molecule has 23 heavy (non-hydrogen) atoms. The highest BCUT2D eigenvalue weighted by molar-refractivity contribution is 6.02. The van der Waals surface area contributed by atoms with Crippen molar-refractivity contribution in [3.8, 4) is 5.75 Å². The van der Waals surface area contributed by atoms with E-state index in [1.165, 1.54) is 30.6 Å². The average molecular weight is 333 g/mol. The van der Waals surface area contributed by atoms with Crippen LogP contribution < -0.4 is 10.1 Å². The molecule has 0 aliphatic carbocycles. The molecule has 0 aliphatic rings. The molecule has 1 rings (SSSR count). The van der Waals surface area contributed by atoms with Crippen molar-refractivity contribution >= 4 is 17.7 Å². The van der Waals surface area contributed by atoms with Crippen LogP contribution in [0.3, 0.4) is 0 Å². The molecule has 0 spiro atoms. The van der Waals surface area contributed by atoms with Gasteiger partial charge >= 0.3 is 18.1 Å². The van der Waals surface area contributed by atoms with Crippen LogP contribution in [0.5, 0.6) is 5.75 Å². The summed E-state index contributed by atoms with van der Waals surface area (Å²) < 4.78 is 46.1. The Labute approximate surface area is 129 Å². The summed E-state index contributed by atoms with van der Waals surface area (Å²) >= 11 is 0. The maximum absolute atomic E-state index is 12.3. The molecule has 0 aliphatic heterocycles. The van der Waals surface area contributed by atoms with Gasteiger partial charge in [-0.3, -0.25) is 9.59 Å². The Balaban J connectivity index is 2.95. The van der Waals surface area contributed by atoms with Crippen LogP contribution in [0.2, 0.25) is 0 Å². The van der Waals surface area contributed by atoms with Crippen molar-refractivity contribution in [2.75, 3.05) is 14.2 Å². The number of halogens is 3. The first kappa shape index (κ1) is 18.5. The Morgan fingerprint density at radius 3 is 2.30 bits per heavy atom. The highest BCUT2D eigenvalue weighted by Gasteiger charge is 2.41. The number of ether oxygens (including phenoxy) is 2. The number of hydrogen-bond donors (Lipinski definition) is 1. The topological polar surface area (TPSA) is 81.7 Å². The quantitative estimate of drug-likeness (QED) is 0.630. The minimum Gasteiger partial charge on any atom is -0.496 e. The summed E-state index contributed by atoms with van der Waals surface area (Å²) in [7, 11) is 2.25. The van der Waals surface area contributed by atoms with Crippen molar-refractivity contribution in [3.05, 3.63) is 29.8 Å². The van der Waals surface area contributed by atoms with Crippen LogP contribution in [0.4, 0.5) is 13.2 Å². The summed E-state index contributed by atoms with van der Waals surface area (Å²) in [6.45, 7) is 0. The minimum atomic E-state index is -5.18. The Morgan fingerprint density at radius 1 is 1.17 bits per heavy atom. The highest BCUT2D eigenvalue weighted by Crippen LogP contribution is 2.20. The van der Waals surface area contributed by atoms with E-state index in [2.05, 4.69) is 4.74 Å². The predicted octanol–water partition coefficient (Wildman–Crippen LogP) is 1.49. The van der Waals surface area contributed by atoms with Gasteiger partial charge < -0.3 is 14.8 Å². The van der Waals surface area contributed by atoms with Crippen LogP contribution in [0.25, 0.3) is 0 Å². The monoisotopic (exact) mass is 333 g/mol. The molecule has 1 N–H and O–H groups in total. The van der Waals surface area contributed by atoms with Gasteiger partial charge in [-0.25, -0.2) is 4.79 Å². The van der Waals surface area contributed by atoms with Crippen LogP contribution in [0.15, 0.2) is 24.3 Å². The molecule has 0 heterocycles. The maximum Gasteiger partial charge on any atom is 0.471 e. The van der Waals surface area contributed by atoms with Gasteiger partial charge in [-0.2, -0.15) is 13.2 Å². The van der Waals surface area contributed by atoms with Crippen LogP contribution in [0, 0.1) is 0 Å². The van der Waals surface area contributed by atoms with Gasteiger partial charge in [-0.15, -0.1) is 0 Å². The normalized spacial score (nSPS) is 12.2. The summed E-state index contributed by atoms with van der Waals surface area (Å²) in [6, 6.07) is 4.23. The predicted molar refractivity (Wildman–Crippen MR) is 71.9 cm³/mol. The lowest BCUT2D eigenvalue weighted by Crippen LogP contribution is -2.48. The maximum atomic E-state index is 12.3. The Hall–Kier alpha value is -2.58. The lowest BCUT2D eigenvalue weighted by Gasteiger charge is -2.17. The van der Waals surface area contributed by atoms with E-state index < -0.39 is 36.3 Å². The zero-order valence-corrected chi connectivity index (χ0v) is 12.3. The molecule has 0 saturated heterocycles. The summed E-state index contributed by atoms with van der Waals surface area (Å²) in [4.78, 5) is 34.6. The third kappa shape index (κ3) is 4.97. The second-order valence-corrected chi connectivity index (χ2v) is 4.37. The molecule has 1 aromatic rings. The van der Waals surface area contributed by atoms with Crippen LogP contribution in [-0.4, -0.2) is 44.1 Å². The number of methoxy groups -OCH3 is 2. The van der Waals surface area contributed by atoms with Gasteiger partial charge in [0.25, 0.3) is 0 Å². The summed E-state index contributed by atoms with van der Waals surface area (Å²) in [5.41, 5.74) is 0.0742. The number of ketones is 1. The van der Waals surface area contributed by atoms with Crippen molar-refractivity contribution in [2.45, 2.75) is 18.6 Å². The molecular weight excluding hydrogens is 319 g/mol. The molecule has 1 atom stereocenters. The van der Waals surface area contributed by atoms with E-state index >= 15 is 0 Å². The first-order valence-electron chi connectivity index (χ1n) is 6.32. The van der Waals surface area contributed by atoms with Crippen molar-refractivity contribution in [1.82, 2.24) is 5.32 Å². The van der Waals surface area contributed by atoms with Gasteiger partial charge in [0, 0.05) is 6.42 Å². The zero-order chi connectivity index (χ0) is 17.6. The number of carbonyl (C=O) groups is 3. The van der Waals surface area contributed by atoms with Crippen LogP contribution in [0.1, 0.15) is 16.8 Å². The number of carbonyl (C=O) groups excluding carboxylic acids is 3. The van der Waals surface area contributed by atoms with Gasteiger partial charge in [0.15, 0.2) is 5.78 Å². The van der Waals surface area contributed by atoms with Gasteiger partial charge in [-0.1, -0.05) is 12.1 Å². The SMILES string of the molecule is COC(=O)[C@H](CC(=O)c1ccccc1OC)NC(=O)C(F)(F)F. The number of hydrogen-bond acceptors (Lipinski definition) is 5. The molecule has 0 unspecified atom stereocenters. The lowest BCUT2D eigenvalue weighted by molar-refractivity contribution is -0.175. The fourth-order valence-electron chi connectivity index (χ4n) is 1.75. The van der Waals surface area contributed by atoms with E-state index in [-0.39, 0.29) is 11.3 Å². The summed E-state index contributed by atoms with van der Waals surface area (Å²) in [5, 5.41) is 1.45. The molecule has 0 saturated carbocycles. The third-order valence-electron chi connectivity index (χ3n) is 2.85. The van der Waals surface area contributed by atoms with Crippen LogP contribution in [-0.2, 0) is 14.3 Å². The number of rotatable bonds is 6. The van der Waals surface area contributed by atoms with E-state index in [1.54, 1.807) is 6.07 Å². The highest BCUT2D eigenvalue weighted by atomic mass is 19.4. The van der Waals surface area contributed by atoms with E-state index in [4.69, 9.17) is 4.74 Å². The minimum absolute atomic E-state index is 0.0742. The molecule has 1 amide bonds. The number of amides is 1. The Morgan fingerprint density at radius 2 is 1.78 bits per heavy atom. The summed E-state index contributed by atoms with van der Waals surface area (Å²) in [5.74, 6) is -3.98. The largest absolute Gasteiger partial charge is 0.496 e. The Bertz CT molecular complexity index is 600. The van der Waals surface area contributed by atoms with Gasteiger partial charge in [0.05, 0.1) is 19.8 Å². The molecule has 9 heteroatoms. The van der Waals surface area contributed by atoms with Crippen molar-refractivity contribution in [1.29, 1.82) is 0 Å². The number of esters is 1. The first-order chi connectivity index (χ1) is 10.7. The van der Waals surface area contributed by atoms with Gasteiger partial charge in [0.1, 0.15) is 11.8 Å². The van der Waals surface area contributed by atoms with Crippen LogP contribution >= 0.6 is 0 Å². The smallest absolute Gasteiger partial charge is 0.471 e. The fraction of sp³-hybridized carbons (Fsp3) is 0.357. The fourth-order valence-corrected chi connectivity index (χ4v) is 1.75. The number of alkyl halides is 3. The molecule has 126 valence electrons. The molecule has 1 aromatic carbocycles. The van der Waals surface area contributed by atoms with Gasteiger partial charge in [0.2, 0.25) is 0 Å². The van der Waals surface area contributed by atoms with Crippen molar-refractivity contribution in [2.24, 2.45) is 0 Å². The third-order valence-corrected chi connectivity index (χ3v) is 2.85. The molecule has 0 fully saturated rings. The molecule has 0 bridgehead atoms. The second kappa shape index (κ2) is 7.61.